The number of carbonyl (C=O) groups excluding carboxylic acids is 1. The summed E-state index contributed by atoms with van der Waals surface area (Å²) in [6.45, 7) is 0. The molecule has 0 aliphatic rings. The van der Waals surface area contributed by atoms with E-state index in [0.717, 1.165) is 29.5 Å². The van der Waals surface area contributed by atoms with Crippen molar-refractivity contribution in [2.75, 3.05) is 17.7 Å². The molecule has 0 saturated carbocycles. The molecule has 0 spiro atoms. The number of benzene rings is 2. The summed E-state index contributed by atoms with van der Waals surface area (Å²) in [5, 5.41) is 9.76. The third kappa shape index (κ3) is 5.35. The van der Waals surface area contributed by atoms with Gasteiger partial charge in [0.15, 0.2) is 11.5 Å². The third-order valence-electron chi connectivity index (χ3n) is 6.33. The lowest BCUT2D eigenvalue weighted by atomic mass is 10.1. The van der Waals surface area contributed by atoms with Crippen molar-refractivity contribution in [3.8, 4) is 34.1 Å². The van der Waals surface area contributed by atoms with E-state index in [2.05, 4.69) is 25.7 Å². The number of imidazole rings is 1. The van der Waals surface area contributed by atoms with Gasteiger partial charge in [0, 0.05) is 54.0 Å². The number of amides is 2. The van der Waals surface area contributed by atoms with Crippen molar-refractivity contribution < 1.29 is 22.7 Å². The van der Waals surface area contributed by atoms with E-state index in [1.165, 1.54) is 7.11 Å². The number of alkyl halides is 3. The van der Waals surface area contributed by atoms with Crippen LogP contribution in [0.15, 0.2) is 97.8 Å². The Morgan fingerprint density at radius 1 is 0.905 bits per heavy atom. The van der Waals surface area contributed by atoms with Crippen LogP contribution in [-0.4, -0.2) is 42.3 Å². The summed E-state index contributed by atoms with van der Waals surface area (Å²) >= 11 is 0. The fourth-order valence-corrected chi connectivity index (χ4v) is 4.35. The van der Waals surface area contributed by atoms with Crippen LogP contribution in [-0.2, 0) is 6.18 Å². The molecule has 0 fully saturated rings. The first-order valence-electron chi connectivity index (χ1n) is 12.5. The first kappa shape index (κ1) is 26.5. The molecule has 13 heteroatoms. The van der Waals surface area contributed by atoms with Crippen LogP contribution in [0.1, 0.15) is 5.56 Å². The van der Waals surface area contributed by atoms with Gasteiger partial charge in [0.2, 0.25) is 0 Å². The number of urea groups is 1. The molecule has 0 atom stereocenters. The largest absolute Gasteiger partial charge is 0.495 e. The highest BCUT2D eigenvalue weighted by molar-refractivity contribution is 6.01. The molecule has 0 radical (unpaired) electrons. The predicted molar refractivity (Wildman–Crippen MR) is 149 cm³/mol. The zero-order valence-corrected chi connectivity index (χ0v) is 21.9. The van der Waals surface area contributed by atoms with E-state index in [4.69, 9.17) is 9.72 Å². The minimum atomic E-state index is -4.58. The predicted octanol–water partition coefficient (Wildman–Crippen LogP) is 6.32. The number of rotatable bonds is 6. The molecular formula is C29H21F3N8O2. The van der Waals surface area contributed by atoms with Crippen LogP contribution < -0.4 is 15.4 Å². The van der Waals surface area contributed by atoms with E-state index in [-0.39, 0.29) is 11.4 Å². The number of pyridine rings is 1. The number of nitrogens with zero attached hydrogens (tertiary/aromatic N) is 6. The van der Waals surface area contributed by atoms with E-state index >= 15 is 0 Å². The fourth-order valence-electron chi connectivity index (χ4n) is 4.35. The van der Waals surface area contributed by atoms with E-state index in [1.54, 1.807) is 60.1 Å². The highest BCUT2D eigenvalue weighted by Gasteiger charge is 2.31. The van der Waals surface area contributed by atoms with Gasteiger partial charge in [-0.3, -0.25) is 4.98 Å². The smallest absolute Gasteiger partial charge is 0.416 e. The summed E-state index contributed by atoms with van der Waals surface area (Å²) in [5.41, 5.74) is 2.83. The monoisotopic (exact) mass is 570 g/mol. The second-order valence-electron chi connectivity index (χ2n) is 9.06. The lowest BCUT2D eigenvalue weighted by Gasteiger charge is -2.14. The number of nitrogens with one attached hydrogen (secondary N) is 2. The highest BCUT2D eigenvalue weighted by atomic mass is 19.4. The number of anilines is 2. The van der Waals surface area contributed by atoms with Crippen molar-refractivity contribution in [1.29, 1.82) is 0 Å². The Bertz CT molecular complexity index is 1900. The summed E-state index contributed by atoms with van der Waals surface area (Å²) in [6, 6.07) is 14.6. The van der Waals surface area contributed by atoms with Gasteiger partial charge in [-0.05, 0) is 48.5 Å². The van der Waals surface area contributed by atoms with Gasteiger partial charge < -0.3 is 19.8 Å². The maximum atomic E-state index is 13.2. The van der Waals surface area contributed by atoms with Crippen molar-refractivity contribution in [2.45, 2.75) is 6.18 Å². The lowest BCUT2D eigenvalue weighted by molar-refractivity contribution is -0.137. The van der Waals surface area contributed by atoms with Crippen LogP contribution >= 0.6 is 0 Å². The molecular weight excluding hydrogens is 549 g/mol. The maximum Gasteiger partial charge on any atom is 0.416 e. The van der Waals surface area contributed by atoms with E-state index in [0.29, 0.717) is 28.4 Å². The molecule has 0 aliphatic carbocycles. The molecule has 42 heavy (non-hydrogen) atoms. The lowest BCUT2D eigenvalue weighted by Crippen LogP contribution is -2.20. The average molecular weight is 571 g/mol. The molecule has 2 aromatic carbocycles. The first-order valence-corrected chi connectivity index (χ1v) is 12.5. The van der Waals surface area contributed by atoms with Gasteiger partial charge in [0.05, 0.1) is 29.7 Å². The van der Waals surface area contributed by atoms with Crippen LogP contribution in [0.25, 0.3) is 34.0 Å². The molecule has 10 nitrogen and oxygen atoms in total. The molecule has 6 aromatic rings. The zero-order valence-electron chi connectivity index (χ0n) is 21.9. The number of carbonyl (C=O) groups is 1. The van der Waals surface area contributed by atoms with Crippen LogP contribution in [0.3, 0.4) is 0 Å². The van der Waals surface area contributed by atoms with Gasteiger partial charge >= 0.3 is 12.2 Å². The van der Waals surface area contributed by atoms with Crippen LogP contribution in [0.5, 0.6) is 5.75 Å². The molecule has 6 rings (SSSR count). The molecule has 2 amide bonds. The van der Waals surface area contributed by atoms with Gasteiger partial charge in [0.25, 0.3) is 0 Å². The van der Waals surface area contributed by atoms with Crippen LogP contribution in [0.2, 0.25) is 0 Å². The highest BCUT2D eigenvalue weighted by Crippen LogP contribution is 2.35. The Balaban J connectivity index is 1.28. The zero-order chi connectivity index (χ0) is 29.3. The third-order valence-corrected chi connectivity index (χ3v) is 6.33. The van der Waals surface area contributed by atoms with Gasteiger partial charge in [-0.25, -0.2) is 19.4 Å². The van der Waals surface area contributed by atoms with Crippen molar-refractivity contribution >= 4 is 23.1 Å². The van der Waals surface area contributed by atoms with Gasteiger partial charge in [-0.1, -0.05) is 12.1 Å². The van der Waals surface area contributed by atoms with Crippen molar-refractivity contribution in [3.63, 3.8) is 0 Å². The molecule has 0 unspecified atom stereocenters. The Morgan fingerprint density at radius 3 is 2.52 bits per heavy atom. The normalized spacial score (nSPS) is 11.4. The molecule has 210 valence electrons. The molecule has 0 bridgehead atoms. The average Bonchev–Trinajstić information content (AvgIpc) is 3.67. The summed E-state index contributed by atoms with van der Waals surface area (Å²) in [5.74, 6) is 0.577. The maximum absolute atomic E-state index is 13.2. The molecule has 4 heterocycles. The minimum absolute atomic E-state index is 0.0861. The number of hydrogen-bond acceptors (Lipinski definition) is 6. The van der Waals surface area contributed by atoms with Crippen molar-refractivity contribution in [2.24, 2.45) is 0 Å². The number of aromatic nitrogens is 6. The summed E-state index contributed by atoms with van der Waals surface area (Å²) in [4.78, 5) is 26.0. The van der Waals surface area contributed by atoms with E-state index in [1.807, 2.05) is 28.7 Å². The standard InChI is InChI=1S/C29H21F3N8O2/c1-42-25-6-5-20(29(30,31)32)16-23(25)37-28(41)35-21-4-2-3-19(15-21)24-17-39-14-12-34-26(39)27(36-24)40-13-9-22(38-40)18-7-10-33-11-8-18/h2-17H,1H3,(H2,35,37,41). The van der Waals surface area contributed by atoms with Gasteiger partial charge in [0.1, 0.15) is 5.75 Å². The molecule has 0 saturated heterocycles. The summed E-state index contributed by atoms with van der Waals surface area (Å²) < 4.78 is 48.2. The quantitative estimate of drug-likeness (QED) is 0.243. The number of hydrogen-bond donors (Lipinski definition) is 2. The van der Waals surface area contributed by atoms with Gasteiger partial charge in [-0.15, -0.1) is 0 Å². The fraction of sp³-hybridized carbons (Fsp3) is 0.0690. The Labute approximate surface area is 236 Å². The Kier molecular flexibility index (Phi) is 6.74. The number of halogens is 3. The number of methoxy groups -OCH3 is 1. The second kappa shape index (κ2) is 10.7. The topological polar surface area (TPSA) is 111 Å². The minimum Gasteiger partial charge on any atom is -0.495 e. The second-order valence-corrected chi connectivity index (χ2v) is 9.06. The van der Waals surface area contributed by atoms with Crippen LogP contribution in [0.4, 0.5) is 29.3 Å². The van der Waals surface area contributed by atoms with Crippen LogP contribution in [0, 0.1) is 0 Å². The van der Waals surface area contributed by atoms with Gasteiger partial charge in [-0.2, -0.15) is 18.3 Å². The Morgan fingerprint density at radius 2 is 1.74 bits per heavy atom. The molecule has 4 aromatic heterocycles. The Hall–Kier alpha value is -5.72. The van der Waals surface area contributed by atoms with Crippen molar-refractivity contribution in [3.05, 3.63) is 103 Å². The summed E-state index contributed by atoms with van der Waals surface area (Å²) in [6.07, 6.45) is 5.84. The van der Waals surface area contributed by atoms with E-state index < -0.39 is 17.8 Å². The number of ether oxygens (including phenoxy) is 1. The molecule has 2 N–H and O–H groups in total. The number of fused-ring (bicyclic) bond motifs is 1. The molecule has 0 aliphatic heterocycles. The first-order chi connectivity index (χ1) is 20.3. The summed E-state index contributed by atoms with van der Waals surface area (Å²) in [7, 11) is 1.30. The van der Waals surface area contributed by atoms with Crippen molar-refractivity contribution in [1.82, 2.24) is 29.1 Å². The van der Waals surface area contributed by atoms with E-state index in [9.17, 15) is 18.0 Å². The SMILES string of the molecule is COc1ccc(C(F)(F)F)cc1NC(=O)Nc1cccc(-c2cn3ccnc3c(-n3ccc(-c4ccncc4)n3)n2)c1.